The lowest BCUT2D eigenvalue weighted by molar-refractivity contribution is 0.0486. The van der Waals surface area contributed by atoms with Gasteiger partial charge in [0.25, 0.3) is 5.56 Å². The fourth-order valence-electron chi connectivity index (χ4n) is 1.73. The quantitative estimate of drug-likeness (QED) is 0.733. The summed E-state index contributed by atoms with van der Waals surface area (Å²) in [5, 5.41) is 12.1. The summed E-state index contributed by atoms with van der Waals surface area (Å²) in [6, 6.07) is 0. The topological polar surface area (TPSA) is 67.2 Å². The number of rotatable bonds is 3. The first kappa shape index (κ1) is 10.2. The van der Waals surface area contributed by atoms with Gasteiger partial charge in [-0.1, -0.05) is 0 Å². The third-order valence-electron chi connectivity index (χ3n) is 2.79. The maximum absolute atomic E-state index is 11.5. The summed E-state index contributed by atoms with van der Waals surface area (Å²) in [5.74, 6) is 0.855. The van der Waals surface area contributed by atoms with E-state index in [0.29, 0.717) is 18.3 Å². The molecule has 0 spiro atoms. The lowest BCUT2D eigenvalue weighted by Crippen LogP contribution is -2.34. The van der Waals surface area contributed by atoms with Crippen LogP contribution in [-0.2, 0) is 7.05 Å². The Morgan fingerprint density at radius 3 is 3.07 bits per heavy atom. The number of nitrogens with one attached hydrogen (secondary N) is 1. The molecule has 2 rings (SSSR count). The molecule has 0 atom stereocenters. The van der Waals surface area contributed by atoms with Gasteiger partial charge in [-0.3, -0.25) is 4.79 Å². The van der Waals surface area contributed by atoms with Crippen LogP contribution in [-0.4, -0.2) is 27.3 Å². The van der Waals surface area contributed by atoms with Crippen LogP contribution in [0.4, 0.5) is 5.82 Å². The number of hydrogen-bond donors (Lipinski definition) is 2. The van der Waals surface area contributed by atoms with Crippen LogP contribution in [0, 0.1) is 5.92 Å². The third-order valence-corrected chi connectivity index (χ3v) is 2.79. The minimum Gasteiger partial charge on any atom is -0.393 e. The second-order valence-electron chi connectivity index (χ2n) is 4.06. The van der Waals surface area contributed by atoms with Crippen LogP contribution in [0.2, 0.25) is 0 Å². The number of hydrogen-bond acceptors (Lipinski definition) is 4. The van der Waals surface area contributed by atoms with Gasteiger partial charge >= 0.3 is 0 Å². The van der Waals surface area contributed by atoms with Crippen molar-refractivity contribution in [3.8, 4) is 0 Å². The largest absolute Gasteiger partial charge is 0.393 e. The molecule has 0 bridgehead atoms. The summed E-state index contributed by atoms with van der Waals surface area (Å²) < 4.78 is 1.49. The van der Waals surface area contributed by atoms with Crippen LogP contribution in [0.3, 0.4) is 0 Å². The van der Waals surface area contributed by atoms with Gasteiger partial charge < -0.3 is 15.0 Å². The average Bonchev–Trinajstić information content (AvgIpc) is 2.17. The van der Waals surface area contributed by atoms with E-state index in [9.17, 15) is 4.79 Å². The van der Waals surface area contributed by atoms with Gasteiger partial charge in [0.15, 0.2) is 5.82 Å². The molecule has 1 heterocycles. The number of aromatic nitrogens is 2. The molecule has 1 fully saturated rings. The molecule has 0 unspecified atom stereocenters. The van der Waals surface area contributed by atoms with Crippen LogP contribution in [0.25, 0.3) is 0 Å². The van der Waals surface area contributed by atoms with Crippen LogP contribution >= 0.6 is 0 Å². The van der Waals surface area contributed by atoms with E-state index in [-0.39, 0.29) is 11.7 Å². The van der Waals surface area contributed by atoms with E-state index >= 15 is 0 Å². The molecule has 1 aliphatic carbocycles. The molecule has 1 aromatic rings. The maximum Gasteiger partial charge on any atom is 0.293 e. The molecule has 1 saturated carbocycles. The summed E-state index contributed by atoms with van der Waals surface area (Å²) in [6.07, 6.45) is 4.71. The number of aliphatic hydroxyl groups excluding tert-OH is 1. The summed E-state index contributed by atoms with van der Waals surface area (Å²) in [5.41, 5.74) is -0.114. The van der Waals surface area contributed by atoms with E-state index in [4.69, 9.17) is 5.11 Å². The van der Waals surface area contributed by atoms with Gasteiger partial charge in [0.05, 0.1) is 6.10 Å². The van der Waals surface area contributed by atoms with Crippen LogP contribution < -0.4 is 10.9 Å². The Hall–Kier alpha value is -1.36. The minimum atomic E-state index is -0.150. The Kier molecular flexibility index (Phi) is 2.73. The molecule has 15 heavy (non-hydrogen) atoms. The van der Waals surface area contributed by atoms with Crippen LogP contribution in [0.5, 0.6) is 0 Å². The van der Waals surface area contributed by atoms with Crippen molar-refractivity contribution in [3.63, 3.8) is 0 Å². The molecule has 1 aromatic heterocycles. The van der Waals surface area contributed by atoms with E-state index < -0.39 is 0 Å². The minimum absolute atomic E-state index is 0.114. The second-order valence-corrected chi connectivity index (χ2v) is 4.06. The monoisotopic (exact) mass is 209 g/mol. The second kappa shape index (κ2) is 4.02. The molecule has 1 aliphatic rings. The van der Waals surface area contributed by atoms with Gasteiger partial charge in [0.1, 0.15) is 0 Å². The molecule has 82 valence electrons. The highest BCUT2D eigenvalue weighted by Gasteiger charge is 2.26. The normalized spacial score (nSPS) is 24.7. The SMILES string of the molecule is Cn1ccnc(NCC2CC(O)C2)c1=O. The average molecular weight is 209 g/mol. The summed E-state index contributed by atoms with van der Waals surface area (Å²) in [7, 11) is 1.70. The standard InChI is InChI=1S/C10H15N3O2/c1-13-3-2-11-9(10(13)15)12-6-7-4-8(14)5-7/h2-3,7-8,14H,4-6H2,1H3,(H,11,12). The third kappa shape index (κ3) is 2.18. The Morgan fingerprint density at radius 2 is 2.40 bits per heavy atom. The first-order valence-electron chi connectivity index (χ1n) is 5.10. The Labute approximate surface area is 87.8 Å². The smallest absolute Gasteiger partial charge is 0.293 e. The van der Waals surface area contributed by atoms with Crippen molar-refractivity contribution in [2.24, 2.45) is 13.0 Å². The lowest BCUT2D eigenvalue weighted by Gasteiger charge is -2.31. The molecule has 0 aromatic carbocycles. The molecular formula is C10H15N3O2. The Balaban J connectivity index is 1.94. The van der Waals surface area contributed by atoms with Gasteiger partial charge in [-0.05, 0) is 18.8 Å². The van der Waals surface area contributed by atoms with Gasteiger partial charge in [-0.15, -0.1) is 0 Å². The van der Waals surface area contributed by atoms with Crippen LogP contribution in [0.1, 0.15) is 12.8 Å². The highest BCUT2D eigenvalue weighted by atomic mass is 16.3. The van der Waals surface area contributed by atoms with Crippen molar-refractivity contribution in [2.75, 3.05) is 11.9 Å². The van der Waals surface area contributed by atoms with E-state index in [1.165, 1.54) is 4.57 Å². The van der Waals surface area contributed by atoms with Crippen molar-refractivity contribution >= 4 is 5.82 Å². The molecular weight excluding hydrogens is 194 g/mol. The molecule has 0 saturated heterocycles. The fourth-order valence-corrected chi connectivity index (χ4v) is 1.73. The number of anilines is 1. The Morgan fingerprint density at radius 1 is 1.67 bits per heavy atom. The molecule has 0 radical (unpaired) electrons. The highest BCUT2D eigenvalue weighted by Crippen LogP contribution is 2.26. The molecule has 0 aliphatic heterocycles. The molecule has 2 N–H and O–H groups in total. The summed E-state index contributed by atoms with van der Waals surface area (Å²) in [4.78, 5) is 15.5. The van der Waals surface area contributed by atoms with Crippen molar-refractivity contribution in [2.45, 2.75) is 18.9 Å². The van der Waals surface area contributed by atoms with Gasteiger partial charge in [0, 0.05) is 26.0 Å². The highest BCUT2D eigenvalue weighted by molar-refractivity contribution is 5.30. The first-order valence-corrected chi connectivity index (χ1v) is 5.10. The van der Waals surface area contributed by atoms with Crippen molar-refractivity contribution < 1.29 is 5.11 Å². The summed E-state index contributed by atoms with van der Waals surface area (Å²) in [6.45, 7) is 0.712. The first-order chi connectivity index (χ1) is 7.16. The lowest BCUT2D eigenvalue weighted by atomic mass is 9.82. The van der Waals surface area contributed by atoms with Gasteiger partial charge in [0.2, 0.25) is 0 Å². The number of aliphatic hydroxyl groups is 1. The molecule has 0 amide bonds. The van der Waals surface area contributed by atoms with E-state index in [1.807, 2.05) is 0 Å². The van der Waals surface area contributed by atoms with E-state index in [2.05, 4.69) is 10.3 Å². The predicted octanol–water partition coefficient (Wildman–Crippen LogP) is -0.0369. The molecule has 5 heteroatoms. The summed E-state index contributed by atoms with van der Waals surface area (Å²) >= 11 is 0. The van der Waals surface area contributed by atoms with Gasteiger partial charge in [-0.25, -0.2) is 4.98 Å². The van der Waals surface area contributed by atoms with Crippen molar-refractivity contribution in [3.05, 3.63) is 22.7 Å². The maximum atomic E-state index is 11.5. The number of aryl methyl sites for hydroxylation is 1. The van der Waals surface area contributed by atoms with E-state index in [0.717, 1.165) is 12.8 Å². The van der Waals surface area contributed by atoms with Crippen LogP contribution in [0.15, 0.2) is 17.2 Å². The Bertz CT molecular complexity index is 396. The predicted molar refractivity (Wildman–Crippen MR) is 56.7 cm³/mol. The van der Waals surface area contributed by atoms with Gasteiger partial charge in [-0.2, -0.15) is 0 Å². The fraction of sp³-hybridized carbons (Fsp3) is 0.600. The zero-order valence-corrected chi connectivity index (χ0v) is 8.68. The molecule has 5 nitrogen and oxygen atoms in total. The zero-order chi connectivity index (χ0) is 10.8. The number of nitrogens with zero attached hydrogens (tertiary/aromatic N) is 2. The van der Waals surface area contributed by atoms with E-state index in [1.54, 1.807) is 19.4 Å². The zero-order valence-electron chi connectivity index (χ0n) is 8.68. The van der Waals surface area contributed by atoms with Crippen molar-refractivity contribution in [1.82, 2.24) is 9.55 Å². The van der Waals surface area contributed by atoms with Crippen molar-refractivity contribution in [1.29, 1.82) is 0 Å².